The third-order valence-electron chi connectivity index (χ3n) is 2.03. The Balaban J connectivity index is 2.47. The summed E-state index contributed by atoms with van der Waals surface area (Å²) < 4.78 is 5.01. The van der Waals surface area contributed by atoms with Gasteiger partial charge in [-0.3, -0.25) is 0 Å². The van der Waals surface area contributed by atoms with E-state index < -0.39 is 0 Å². The SMILES string of the molecule is COCCC(C)Nc1ccccc1Cl. The predicted octanol–water partition coefficient (Wildman–Crippen LogP) is 3.18. The Kier molecular flexibility index (Phi) is 4.77. The summed E-state index contributed by atoms with van der Waals surface area (Å²) in [5, 5.41) is 4.09. The molecule has 14 heavy (non-hydrogen) atoms. The van der Waals surface area contributed by atoms with Crippen LogP contribution in [0.2, 0.25) is 5.02 Å². The van der Waals surface area contributed by atoms with Crippen molar-refractivity contribution in [1.29, 1.82) is 0 Å². The predicted molar refractivity (Wildman–Crippen MR) is 61.0 cm³/mol. The van der Waals surface area contributed by atoms with Crippen molar-refractivity contribution in [3.05, 3.63) is 29.3 Å². The van der Waals surface area contributed by atoms with Crippen molar-refractivity contribution in [2.24, 2.45) is 0 Å². The van der Waals surface area contributed by atoms with Crippen LogP contribution in [0.3, 0.4) is 0 Å². The summed E-state index contributed by atoms with van der Waals surface area (Å²) >= 11 is 6.01. The Morgan fingerprint density at radius 2 is 2.14 bits per heavy atom. The van der Waals surface area contributed by atoms with Crippen molar-refractivity contribution in [3.8, 4) is 0 Å². The number of rotatable bonds is 5. The molecule has 78 valence electrons. The van der Waals surface area contributed by atoms with Gasteiger partial charge in [-0.1, -0.05) is 23.7 Å². The third kappa shape index (κ3) is 3.56. The van der Waals surface area contributed by atoms with Gasteiger partial charge in [-0.05, 0) is 25.5 Å². The molecule has 0 saturated carbocycles. The molecule has 1 aromatic carbocycles. The molecule has 0 aromatic heterocycles. The van der Waals surface area contributed by atoms with Crippen LogP contribution in [-0.4, -0.2) is 19.8 Å². The fourth-order valence-electron chi connectivity index (χ4n) is 1.21. The Bertz CT molecular complexity index is 278. The van der Waals surface area contributed by atoms with E-state index in [0.29, 0.717) is 6.04 Å². The molecule has 0 aliphatic heterocycles. The van der Waals surface area contributed by atoms with Crippen molar-refractivity contribution in [2.75, 3.05) is 19.0 Å². The lowest BCUT2D eigenvalue weighted by Gasteiger charge is -2.15. The van der Waals surface area contributed by atoms with Crippen molar-refractivity contribution in [3.63, 3.8) is 0 Å². The van der Waals surface area contributed by atoms with Crippen LogP contribution >= 0.6 is 11.6 Å². The molecular formula is C11H16ClNO. The van der Waals surface area contributed by atoms with Gasteiger partial charge in [0.25, 0.3) is 0 Å². The van der Waals surface area contributed by atoms with Crippen LogP contribution in [0.25, 0.3) is 0 Å². The molecule has 1 atom stereocenters. The van der Waals surface area contributed by atoms with E-state index >= 15 is 0 Å². The maximum atomic E-state index is 6.01. The molecular weight excluding hydrogens is 198 g/mol. The minimum absolute atomic E-state index is 0.370. The first-order chi connectivity index (χ1) is 6.74. The standard InChI is InChI=1S/C11H16ClNO/c1-9(7-8-14-2)13-11-6-4-3-5-10(11)12/h3-6,9,13H,7-8H2,1-2H3. The molecule has 0 radical (unpaired) electrons. The van der Waals surface area contributed by atoms with E-state index in [1.54, 1.807) is 7.11 Å². The van der Waals surface area contributed by atoms with Gasteiger partial charge < -0.3 is 10.1 Å². The fourth-order valence-corrected chi connectivity index (χ4v) is 1.40. The molecule has 0 bridgehead atoms. The zero-order valence-corrected chi connectivity index (χ0v) is 9.34. The van der Waals surface area contributed by atoms with Gasteiger partial charge in [-0.15, -0.1) is 0 Å². The molecule has 0 spiro atoms. The molecule has 1 unspecified atom stereocenters. The highest BCUT2D eigenvalue weighted by molar-refractivity contribution is 6.33. The van der Waals surface area contributed by atoms with Gasteiger partial charge in [-0.2, -0.15) is 0 Å². The number of halogens is 1. The van der Waals surface area contributed by atoms with Crippen LogP contribution in [0.5, 0.6) is 0 Å². The quantitative estimate of drug-likeness (QED) is 0.811. The van der Waals surface area contributed by atoms with Crippen LogP contribution in [-0.2, 0) is 4.74 Å². The smallest absolute Gasteiger partial charge is 0.0637 e. The molecule has 3 heteroatoms. The summed E-state index contributed by atoms with van der Waals surface area (Å²) in [7, 11) is 1.71. The third-order valence-corrected chi connectivity index (χ3v) is 2.36. The number of para-hydroxylation sites is 1. The van der Waals surface area contributed by atoms with Gasteiger partial charge in [0.05, 0.1) is 10.7 Å². The van der Waals surface area contributed by atoms with E-state index in [0.717, 1.165) is 23.7 Å². The average Bonchev–Trinajstić information content (AvgIpc) is 2.18. The topological polar surface area (TPSA) is 21.3 Å². The lowest BCUT2D eigenvalue weighted by molar-refractivity contribution is 0.191. The number of anilines is 1. The first-order valence-electron chi connectivity index (χ1n) is 4.74. The number of ether oxygens (including phenoxy) is 1. The average molecular weight is 214 g/mol. The van der Waals surface area contributed by atoms with Crippen molar-refractivity contribution >= 4 is 17.3 Å². The first kappa shape index (κ1) is 11.3. The van der Waals surface area contributed by atoms with Gasteiger partial charge in [0.1, 0.15) is 0 Å². The van der Waals surface area contributed by atoms with E-state index in [2.05, 4.69) is 12.2 Å². The molecule has 0 saturated heterocycles. The van der Waals surface area contributed by atoms with Gasteiger partial charge in [-0.25, -0.2) is 0 Å². The molecule has 1 aromatic rings. The number of hydrogen-bond acceptors (Lipinski definition) is 2. The second-order valence-electron chi connectivity index (χ2n) is 3.31. The molecule has 1 rings (SSSR count). The molecule has 0 amide bonds. The molecule has 1 N–H and O–H groups in total. The van der Waals surface area contributed by atoms with Crippen LogP contribution in [0, 0.1) is 0 Å². The van der Waals surface area contributed by atoms with Crippen molar-refractivity contribution in [1.82, 2.24) is 0 Å². The maximum Gasteiger partial charge on any atom is 0.0637 e. The second kappa shape index (κ2) is 5.89. The summed E-state index contributed by atoms with van der Waals surface area (Å²) in [6.45, 7) is 2.88. The van der Waals surface area contributed by atoms with Crippen LogP contribution in [0.4, 0.5) is 5.69 Å². The summed E-state index contributed by atoms with van der Waals surface area (Å²) in [6, 6.07) is 8.12. The Morgan fingerprint density at radius 1 is 1.43 bits per heavy atom. The molecule has 0 aliphatic rings. The summed E-state index contributed by atoms with van der Waals surface area (Å²) in [4.78, 5) is 0. The highest BCUT2D eigenvalue weighted by Gasteiger charge is 2.03. The largest absolute Gasteiger partial charge is 0.385 e. The van der Waals surface area contributed by atoms with Gasteiger partial charge in [0, 0.05) is 19.8 Å². The van der Waals surface area contributed by atoms with E-state index in [9.17, 15) is 0 Å². The van der Waals surface area contributed by atoms with E-state index in [4.69, 9.17) is 16.3 Å². The number of nitrogens with one attached hydrogen (secondary N) is 1. The lowest BCUT2D eigenvalue weighted by Crippen LogP contribution is -2.17. The maximum absolute atomic E-state index is 6.01. The summed E-state index contributed by atoms with van der Waals surface area (Å²) in [5.41, 5.74) is 0.984. The van der Waals surface area contributed by atoms with Gasteiger partial charge in [0.15, 0.2) is 0 Å². The van der Waals surface area contributed by atoms with Crippen molar-refractivity contribution < 1.29 is 4.74 Å². The normalized spacial score (nSPS) is 12.5. The molecule has 0 heterocycles. The summed E-state index contributed by atoms with van der Waals surface area (Å²) in [5.74, 6) is 0. The second-order valence-corrected chi connectivity index (χ2v) is 3.71. The van der Waals surface area contributed by atoms with E-state index in [1.807, 2.05) is 24.3 Å². The zero-order valence-electron chi connectivity index (χ0n) is 8.59. The Labute approximate surface area is 90.2 Å². The lowest BCUT2D eigenvalue weighted by atomic mass is 10.2. The number of hydrogen-bond donors (Lipinski definition) is 1. The number of methoxy groups -OCH3 is 1. The Morgan fingerprint density at radius 3 is 2.79 bits per heavy atom. The molecule has 0 fully saturated rings. The number of benzene rings is 1. The van der Waals surface area contributed by atoms with Crippen LogP contribution < -0.4 is 5.32 Å². The van der Waals surface area contributed by atoms with Gasteiger partial charge in [0.2, 0.25) is 0 Å². The fraction of sp³-hybridized carbons (Fsp3) is 0.455. The monoisotopic (exact) mass is 213 g/mol. The highest BCUT2D eigenvalue weighted by atomic mass is 35.5. The molecule has 0 aliphatic carbocycles. The van der Waals surface area contributed by atoms with Crippen LogP contribution in [0.1, 0.15) is 13.3 Å². The Hall–Kier alpha value is -0.730. The minimum atomic E-state index is 0.370. The van der Waals surface area contributed by atoms with E-state index in [1.165, 1.54) is 0 Å². The zero-order chi connectivity index (χ0) is 10.4. The van der Waals surface area contributed by atoms with E-state index in [-0.39, 0.29) is 0 Å². The summed E-state index contributed by atoms with van der Waals surface area (Å²) in [6.07, 6.45) is 0.974. The van der Waals surface area contributed by atoms with Gasteiger partial charge >= 0.3 is 0 Å². The van der Waals surface area contributed by atoms with Crippen LogP contribution in [0.15, 0.2) is 24.3 Å². The van der Waals surface area contributed by atoms with Crippen molar-refractivity contribution in [2.45, 2.75) is 19.4 Å². The highest BCUT2D eigenvalue weighted by Crippen LogP contribution is 2.21. The minimum Gasteiger partial charge on any atom is -0.385 e. The first-order valence-corrected chi connectivity index (χ1v) is 5.12. The molecule has 2 nitrogen and oxygen atoms in total.